The number of anilines is 2. The van der Waals surface area contributed by atoms with Gasteiger partial charge < -0.3 is 19.9 Å². The zero-order valence-corrected chi connectivity index (χ0v) is 39.6. The van der Waals surface area contributed by atoms with Gasteiger partial charge in [0, 0.05) is 86.8 Å². The number of aromatic amines is 1. The lowest BCUT2D eigenvalue weighted by molar-refractivity contribution is -0.384. The highest BCUT2D eigenvalue weighted by Gasteiger charge is 2.50. The number of sulfonamides is 1. The summed E-state index contributed by atoms with van der Waals surface area (Å²) < 4.78 is 36.0. The maximum Gasteiger partial charge on any atom is 0.312 e. The van der Waals surface area contributed by atoms with Crippen LogP contribution in [0.15, 0.2) is 84.1 Å². The third-order valence-electron chi connectivity index (χ3n) is 15.6. The van der Waals surface area contributed by atoms with Crippen LogP contribution in [0.1, 0.15) is 118 Å². The van der Waals surface area contributed by atoms with E-state index in [1.165, 1.54) is 36.8 Å². The Morgan fingerprint density at radius 1 is 0.940 bits per heavy atom. The summed E-state index contributed by atoms with van der Waals surface area (Å²) in [6, 6.07) is 20.6. The fourth-order valence-corrected chi connectivity index (χ4v) is 12.3. The predicted octanol–water partition coefficient (Wildman–Crippen LogP) is 9.41. The largest absolute Gasteiger partial charge is 0.455 e. The number of pyridine rings is 2. The van der Waals surface area contributed by atoms with Gasteiger partial charge in [-0.2, -0.15) is 0 Å². The maximum atomic E-state index is 14.0. The Morgan fingerprint density at radius 2 is 1.72 bits per heavy atom. The minimum Gasteiger partial charge on any atom is -0.455 e. The molecule has 10 rings (SSSR count). The Bertz CT molecular complexity index is 2730. The van der Waals surface area contributed by atoms with Gasteiger partial charge in [-0.3, -0.25) is 24.7 Å². The number of benzene rings is 2. The van der Waals surface area contributed by atoms with Crippen LogP contribution in [0.25, 0.3) is 11.0 Å². The minimum absolute atomic E-state index is 0.00645. The van der Waals surface area contributed by atoms with Crippen LogP contribution in [0.2, 0.25) is 0 Å². The summed E-state index contributed by atoms with van der Waals surface area (Å²) in [4.78, 5) is 44.6. The second-order valence-corrected chi connectivity index (χ2v) is 22.1. The third kappa shape index (κ3) is 9.62. The van der Waals surface area contributed by atoms with Gasteiger partial charge in [0.05, 0.1) is 22.9 Å². The summed E-state index contributed by atoms with van der Waals surface area (Å²) in [7, 11) is -4.60. The SMILES string of the molecule is CC1CCC(CNc2ncc(S(=O)(=O)NC(=O)c3ccc(N4CCC5(CC4)CC(N4CCN(C6CC6)C[C@H]4c4ccccc4C(C)C)C5)cc3Oc3cnc4[nH]ccc4c3)cc2[N+](=O)[O-])CC1. The first-order valence-corrected chi connectivity index (χ1v) is 25.8. The van der Waals surface area contributed by atoms with E-state index < -0.39 is 31.4 Å². The third-order valence-corrected chi connectivity index (χ3v) is 16.9. The fourth-order valence-electron chi connectivity index (χ4n) is 11.4. The molecule has 2 aromatic carbocycles. The lowest BCUT2D eigenvalue weighted by Crippen LogP contribution is -2.60. The molecule has 5 aromatic rings. The van der Waals surface area contributed by atoms with Crippen LogP contribution in [-0.4, -0.2) is 95.4 Å². The van der Waals surface area contributed by atoms with E-state index in [4.69, 9.17) is 4.74 Å². The molecule has 3 aliphatic carbocycles. The molecule has 0 radical (unpaired) electrons. The number of aromatic nitrogens is 3. The van der Waals surface area contributed by atoms with Crippen molar-refractivity contribution in [2.75, 3.05) is 49.5 Å². The molecule has 5 heterocycles. The number of ether oxygens (including phenoxy) is 1. The van der Waals surface area contributed by atoms with Gasteiger partial charge >= 0.3 is 5.69 Å². The highest BCUT2D eigenvalue weighted by atomic mass is 32.2. The van der Waals surface area contributed by atoms with Crippen LogP contribution >= 0.6 is 0 Å². The van der Waals surface area contributed by atoms with Crippen LogP contribution in [0.4, 0.5) is 17.2 Å². The Kier molecular flexibility index (Phi) is 12.5. The number of nitro groups is 1. The van der Waals surface area contributed by atoms with E-state index in [1.54, 1.807) is 30.6 Å². The molecule has 5 fully saturated rings. The number of H-pyrrole nitrogens is 1. The second-order valence-electron chi connectivity index (χ2n) is 20.4. The molecule has 2 aliphatic heterocycles. The molecule has 1 atom stereocenters. The van der Waals surface area contributed by atoms with Gasteiger partial charge in [-0.25, -0.2) is 23.1 Å². The van der Waals surface area contributed by atoms with Crippen LogP contribution in [0.5, 0.6) is 11.5 Å². The Morgan fingerprint density at radius 3 is 2.46 bits per heavy atom. The summed E-state index contributed by atoms with van der Waals surface area (Å²) >= 11 is 0. The quantitative estimate of drug-likeness (QED) is 0.0711. The monoisotopic (exact) mass is 929 g/mol. The van der Waals surface area contributed by atoms with Gasteiger partial charge in [0.2, 0.25) is 5.82 Å². The first kappa shape index (κ1) is 45.2. The lowest BCUT2D eigenvalue weighted by Gasteiger charge is -2.58. The summed E-state index contributed by atoms with van der Waals surface area (Å²) in [5, 5.41) is 16.0. The van der Waals surface area contributed by atoms with Crippen molar-refractivity contribution in [1.29, 1.82) is 0 Å². The van der Waals surface area contributed by atoms with E-state index in [2.05, 4.69) is 84.7 Å². The van der Waals surface area contributed by atoms with Gasteiger partial charge in [0.25, 0.3) is 15.9 Å². The zero-order valence-electron chi connectivity index (χ0n) is 38.8. The molecule has 16 heteroatoms. The summed E-state index contributed by atoms with van der Waals surface area (Å²) in [5.74, 6) is 1.06. The molecule has 0 bridgehead atoms. The summed E-state index contributed by atoms with van der Waals surface area (Å²) in [6.45, 7) is 12.4. The number of carbonyl (C=O) groups is 1. The number of piperidine rings is 1. The Hall–Kier alpha value is -5.58. The maximum absolute atomic E-state index is 14.0. The number of rotatable bonds is 14. The molecular weight excluding hydrogens is 867 g/mol. The highest BCUT2D eigenvalue weighted by molar-refractivity contribution is 7.90. The van der Waals surface area contributed by atoms with E-state index >= 15 is 0 Å². The van der Waals surface area contributed by atoms with Crippen molar-refractivity contribution in [1.82, 2.24) is 29.5 Å². The summed E-state index contributed by atoms with van der Waals surface area (Å²) in [6.07, 6.45) is 15.7. The molecule has 0 unspecified atom stereocenters. The molecule has 15 nitrogen and oxygen atoms in total. The van der Waals surface area contributed by atoms with Gasteiger partial charge in [0.1, 0.15) is 22.0 Å². The normalized spacial score (nSPS) is 22.7. The topological polar surface area (TPSA) is 179 Å². The fraction of sp³-hybridized carbons (Fsp3) is 0.510. The first-order valence-electron chi connectivity index (χ1n) is 24.4. The lowest BCUT2D eigenvalue weighted by atomic mass is 9.59. The average Bonchev–Trinajstić information content (AvgIpc) is 4.07. The molecule has 354 valence electrons. The summed E-state index contributed by atoms with van der Waals surface area (Å²) in [5.41, 5.74) is 4.29. The van der Waals surface area contributed by atoms with Crippen LogP contribution in [-0.2, 0) is 10.0 Å². The number of nitrogens with zero attached hydrogens (tertiary/aromatic N) is 6. The smallest absolute Gasteiger partial charge is 0.312 e. The van der Waals surface area contributed by atoms with Crippen molar-refractivity contribution in [3.05, 3.63) is 106 Å². The van der Waals surface area contributed by atoms with Crippen molar-refractivity contribution in [3.8, 4) is 11.5 Å². The Labute approximate surface area is 393 Å². The molecule has 1 amide bonds. The van der Waals surface area contributed by atoms with Gasteiger partial charge in [-0.15, -0.1) is 0 Å². The number of nitrogens with one attached hydrogen (secondary N) is 3. The van der Waals surface area contributed by atoms with Gasteiger partial charge in [-0.05, 0) is 110 Å². The van der Waals surface area contributed by atoms with Crippen molar-refractivity contribution in [2.24, 2.45) is 17.3 Å². The number of carbonyl (C=O) groups excluding carboxylic acids is 1. The molecule has 3 N–H and O–H groups in total. The van der Waals surface area contributed by atoms with E-state index in [9.17, 15) is 23.3 Å². The van der Waals surface area contributed by atoms with Crippen LogP contribution < -0.4 is 19.7 Å². The van der Waals surface area contributed by atoms with E-state index in [1.807, 2.05) is 12.1 Å². The number of amides is 1. The van der Waals surface area contributed by atoms with Gasteiger partial charge in [0.15, 0.2) is 0 Å². The average molecular weight is 930 g/mol. The molecule has 67 heavy (non-hydrogen) atoms. The molecule has 5 aliphatic rings. The van der Waals surface area contributed by atoms with Crippen molar-refractivity contribution >= 4 is 44.2 Å². The number of piperazine rings is 1. The zero-order chi connectivity index (χ0) is 46.5. The van der Waals surface area contributed by atoms with E-state index in [-0.39, 0.29) is 22.5 Å². The van der Waals surface area contributed by atoms with Gasteiger partial charge in [-0.1, -0.05) is 57.9 Å². The van der Waals surface area contributed by atoms with Crippen molar-refractivity contribution in [2.45, 2.75) is 114 Å². The van der Waals surface area contributed by atoms with Crippen molar-refractivity contribution < 1.29 is 22.9 Å². The van der Waals surface area contributed by atoms with Crippen LogP contribution in [0.3, 0.4) is 0 Å². The number of hydrogen-bond acceptors (Lipinski definition) is 12. The van der Waals surface area contributed by atoms with E-state index in [0.29, 0.717) is 47.8 Å². The molecular formula is C51H63N9O6S. The second kappa shape index (κ2) is 18.5. The van der Waals surface area contributed by atoms with Crippen molar-refractivity contribution in [3.63, 3.8) is 0 Å². The minimum atomic E-state index is -4.60. The first-order chi connectivity index (χ1) is 32.3. The molecule has 2 saturated heterocycles. The number of fused-ring (bicyclic) bond motifs is 1. The van der Waals surface area contributed by atoms with Crippen LogP contribution in [0, 0.1) is 27.4 Å². The standard InChI is InChI=1S/C51H63N9O6S/c1-33(2)42-6-4-5-7-43(42)46-32-58(37-12-13-37)22-23-59(46)39-27-51(28-39)17-20-57(21-18-51)38-14-15-44(47(25-38)66-40-24-36-16-19-52-48(36)54-30-40)50(61)56-67(64,65)41-26-45(60(62)63)49(55-31-41)53-29-35-10-8-34(3)9-11-35/h4-7,14-16,19,24-26,30-31,33-35,37,39,46H,8-13,17-18,20-23,27-29,32H2,1-3H3,(H,52,54)(H,53,55)(H,56,61)/t34?,35?,46-/m0/s1. The molecule has 3 aromatic heterocycles. The van der Waals surface area contributed by atoms with E-state index in [0.717, 1.165) is 101 Å². The number of hydrogen-bond donors (Lipinski definition) is 3. The predicted molar refractivity (Wildman–Crippen MR) is 259 cm³/mol. The highest BCUT2D eigenvalue weighted by Crippen LogP contribution is 2.54. The molecule has 3 saturated carbocycles. The Balaban J connectivity index is 0.840. The molecule has 1 spiro atoms.